The van der Waals surface area contributed by atoms with Gasteiger partial charge in [0, 0.05) is 23.0 Å². The Hall–Kier alpha value is -2.63. The van der Waals surface area contributed by atoms with Gasteiger partial charge < -0.3 is 11.5 Å². The summed E-state index contributed by atoms with van der Waals surface area (Å²) in [6.45, 7) is 0. The summed E-state index contributed by atoms with van der Waals surface area (Å²) >= 11 is 0. The molecular weight excluding hydrogens is 220 g/mol. The molecule has 2 rings (SSSR count). The highest BCUT2D eigenvalue weighted by Crippen LogP contribution is 2.27. The first-order valence-electron chi connectivity index (χ1n) is 4.84. The van der Waals surface area contributed by atoms with Crippen LogP contribution in [0.25, 0.3) is 11.3 Å². The quantitative estimate of drug-likeness (QED) is 0.464. The van der Waals surface area contributed by atoms with Crippen LogP contribution in [0, 0.1) is 10.1 Å². The standard InChI is InChI=1S/C11H10N4O2/c12-7-1-3-10(13)9(5-7)11-4-2-8(6-14-11)15(16)17/h1-6H,12-13H2. The Kier molecular flexibility index (Phi) is 2.61. The van der Waals surface area contributed by atoms with E-state index in [9.17, 15) is 10.1 Å². The highest BCUT2D eigenvalue weighted by Gasteiger charge is 2.08. The van der Waals surface area contributed by atoms with Crippen LogP contribution in [0.3, 0.4) is 0 Å². The van der Waals surface area contributed by atoms with Gasteiger partial charge in [-0.1, -0.05) is 0 Å². The van der Waals surface area contributed by atoms with Crippen LogP contribution in [-0.4, -0.2) is 9.91 Å². The number of anilines is 2. The van der Waals surface area contributed by atoms with Crippen LogP contribution >= 0.6 is 0 Å². The molecule has 17 heavy (non-hydrogen) atoms. The predicted octanol–water partition coefficient (Wildman–Crippen LogP) is 1.82. The van der Waals surface area contributed by atoms with Crippen molar-refractivity contribution >= 4 is 17.1 Å². The van der Waals surface area contributed by atoms with Crippen molar-refractivity contribution in [3.8, 4) is 11.3 Å². The van der Waals surface area contributed by atoms with Crippen molar-refractivity contribution in [2.45, 2.75) is 0 Å². The van der Waals surface area contributed by atoms with Gasteiger partial charge in [-0.3, -0.25) is 10.1 Å². The monoisotopic (exact) mass is 230 g/mol. The second-order valence-electron chi connectivity index (χ2n) is 3.51. The lowest BCUT2D eigenvalue weighted by Crippen LogP contribution is -1.95. The van der Waals surface area contributed by atoms with Crippen LogP contribution in [-0.2, 0) is 0 Å². The van der Waals surface area contributed by atoms with Gasteiger partial charge in [-0.05, 0) is 24.3 Å². The summed E-state index contributed by atoms with van der Waals surface area (Å²) in [5, 5.41) is 10.5. The van der Waals surface area contributed by atoms with Gasteiger partial charge in [-0.15, -0.1) is 0 Å². The SMILES string of the molecule is Nc1ccc(N)c(-c2ccc([N+](=O)[O-])cn2)c1. The molecule has 0 unspecified atom stereocenters. The lowest BCUT2D eigenvalue weighted by molar-refractivity contribution is -0.385. The minimum Gasteiger partial charge on any atom is -0.399 e. The molecule has 0 amide bonds. The minimum atomic E-state index is -0.501. The molecule has 86 valence electrons. The third kappa shape index (κ3) is 2.15. The third-order valence-corrected chi connectivity index (χ3v) is 2.31. The summed E-state index contributed by atoms with van der Waals surface area (Å²) in [5.41, 5.74) is 13.7. The number of nitrogens with zero attached hydrogens (tertiary/aromatic N) is 2. The molecule has 6 nitrogen and oxygen atoms in total. The molecule has 0 fully saturated rings. The highest BCUT2D eigenvalue weighted by atomic mass is 16.6. The Bertz CT molecular complexity index is 566. The Morgan fingerprint density at radius 1 is 1.18 bits per heavy atom. The average molecular weight is 230 g/mol. The van der Waals surface area contributed by atoms with E-state index in [1.165, 1.54) is 12.3 Å². The molecule has 0 aliphatic heterocycles. The molecule has 0 saturated carbocycles. The van der Waals surface area contributed by atoms with Crippen LogP contribution < -0.4 is 11.5 Å². The van der Waals surface area contributed by atoms with E-state index < -0.39 is 4.92 Å². The number of benzene rings is 1. The van der Waals surface area contributed by atoms with Crippen LogP contribution in [0.1, 0.15) is 0 Å². The molecular formula is C11H10N4O2. The smallest absolute Gasteiger partial charge is 0.287 e. The van der Waals surface area contributed by atoms with Gasteiger partial charge in [0.25, 0.3) is 5.69 Å². The molecule has 1 aromatic heterocycles. The minimum absolute atomic E-state index is 0.0591. The Labute approximate surface area is 97.0 Å². The van der Waals surface area contributed by atoms with Gasteiger partial charge >= 0.3 is 0 Å². The van der Waals surface area contributed by atoms with Gasteiger partial charge in [-0.25, -0.2) is 4.98 Å². The van der Waals surface area contributed by atoms with Crippen molar-refractivity contribution in [2.24, 2.45) is 0 Å². The summed E-state index contributed by atoms with van der Waals surface area (Å²) in [7, 11) is 0. The second-order valence-corrected chi connectivity index (χ2v) is 3.51. The van der Waals surface area contributed by atoms with E-state index in [1.54, 1.807) is 24.3 Å². The molecule has 0 atom stereocenters. The molecule has 6 heteroatoms. The summed E-state index contributed by atoms with van der Waals surface area (Å²) in [4.78, 5) is 14.0. The van der Waals surface area contributed by atoms with Crippen molar-refractivity contribution in [2.75, 3.05) is 11.5 Å². The fraction of sp³-hybridized carbons (Fsp3) is 0. The number of nitrogens with two attached hydrogens (primary N) is 2. The van der Waals surface area contributed by atoms with E-state index in [0.29, 0.717) is 22.6 Å². The maximum Gasteiger partial charge on any atom is 0.287 e. The molecule has 2 aromatic rings. The van der Waals surface area contributed by atoms with Crippen LogP contribution in [0.2, 0.25) is 0 Å². The summed E-state index contributed by atoms with van der Waals surface area (Å²) in [6, 6.07) is 7.97. The zero-order valence-electron chi connectivity index (χ0n) is 8.83. The number of nitro groups is 1. The van der Waals surface area contributed by atoms with Gasteiger partial charge in [-0.2, -0.15) is 0 Å². The molecule has 4 N–H and O–H groups in total. The van der Waals surface area contributed by atoms with Crippen LogP contribution in [0.5, 0.6) is 0 Å². The number of aromatic nitrogens is 1. The van der Waals surface area contributed by atoms with E-state index in [1.807, 2.05) is 0 Å². The van der Waals surface area contributed by atoms with Crippen LogP contribution in [0.4, 0.5) is 17.1 Å². The van der Waals surface area contributed by atoms with Gasteiger partial charge in [0.05, 0.1) is 10.6 Å². The lowest BCUT2D eigenvalue weighted by Gasteiger charge is -2.05. The van der Waals surface area contributed by atoms with Crippen molar-refractivity contribution < 1.29 is 4.92 Å². The summed E-state index contributed by atoms with van der Waals surface area (Å²) in [6.07, 6.45) is 1.19. The van der Waals surface area contributed by atoms with E-state index in [0.717, 1.165) is 0 Å². The molecule has 1 aromatic carbocycles. The highest BCUT2D eigenvalue weighted by molar-refractivity contribution is 5.77. The van der Waals surface area contributed by atoms with E-state index >= 15 is 0 Å². The average Bonchev–Trinajstić information content (AvgIpc) is 2.32. The first kappa shape index (κ1) is 10.9. The second kappa shape index (κ2) is 4.09. The van der Waals surface area contributed by atoms with Crippen molar-refractivity contribution in [3.63, 3.8) is 0 Å². The molecule has 0 saturated heterocycles. The predicted molar refractivity (Wildman–Crippen MR) is 65.2 cm³/mol. The van der Waals surface area contributed by atoms with E-state index in [4.69, 9.17) is 11.5 Å². The van der Waals surface area contributed by atoms with Crippen LogP contribution in [0.15, 0.2) is 36.5 Å². The Morgan fingerprint density at radius 3 is 2.53 bits per heavy atom. The molecule has 0 aliphatic carbocycles. The maximum atomic E-state index is 10.5. The first-order valence-corrected chi connectivity index (χ1v) is 4.84. The van der Waals surface area contributed by atoms with Gasteiger partial charge in [0.15, 0.2) is 0 Å². The van der Waals surface area contributed by atoms with E-state index in [-0.39, 0.29) is 5.69 Å². The molecule has 0 radical (unpaired) electrons. The zero-order valence-corrected chi connectivity index (χ0v) is 8.83. The van der Waals surface area contributed by atoms with Crippen molar-refractivity contribution in [1.29, 1.82) is 0 Å². The molecule has 0 spiro atoms. The Balaban J connectivity index is 2.46. The first-order chi connectivity index (χ1) is 8.08. The van der Waals surface area contributed by atoms with Gasteiger partial charge in [0.2, 0.25) is 0 Å². The topological polar surface area (TPSA) is 108 Å². The summed E-state index contributed by atoms with van der Waals surface area (Å²) in [5.74, 6) is 0. The fourth-order valence-corrected chi connectivity index (χ4v) is 1.45. The van der Waals surface area contributed by atoms with Gasteiger partial charge in [0.1, 0.15) is 6.20 Å². The maximum absolute atomic E-state index is 10.5. The lowest BCUT2D eigenvalue weighted by atomic mass is 10.1. The number of pyridine rings is 1. The molecule has 1 heterocycles. The largest absolute Gasteiger partial charge is 0.399 e. The van der Waals surface area contributed by atoms with E-state index in [2.05, 4.69) is 4.98 Å². The number of rotatable bonds is 2. The number of nitrogen functional groups attached to an aromatic ring is 2. The van der Waals surface area contributed by atoms with Crippen molar-refractivity contribution in [3.05, 3.63) is 46.6 Å². The Morgan fingerprint density at radius 2 is 1.94 bits per heavy atom. The molecule has 0 aliphatic rings. The summed E-state index contributed by atoms with van der Waals surface area (Å²) < 4.78 is 0. The molecule has 0 bridgehead atoms. The van der Waals surface area contributed by atoms with Crippen molar-refractivity contribution in [1.82, 2.24) is 4.98 Å². The number of hydrogen-bond donors (Lipinski definition) is 2. The fourth-order valence-electron chi connectivity index (χ4n) is 1.45. The zero-order chi connectivity index (χ0) is 12.4. The third-order valence-electron chi connectivity index (χ3n) is 2.31. The number of hydrogen-bond acceptors (Lipinski definition) is 5. The normalized spacial score (nSPS) is 10.1.